The first-order valence-electron chi connectivity index (χ1n) is 30.2. The zero-order chi connectivity index (χ0) is 61.9. The maximum Gasteiger partial charge on any atom is 0.417 e. The Morgan fingerprint density at radius 1 is 0.293 bits per heavy atom. The Morgan fingerprint density at radius 2 is 0.609 bits per heavy atom. The van der Waals surface area contributed by atoms with Gasteiger partial charge in [0.15, 0.2) is 0 Å². The van der Waals surface area contributed by atoms with Crippen molar-refractivity contribution in [3.05, 3.63) is 321 Å². The lowest BCUT2D eigenvalue weighted by Crippen LogP contribution is -2.09. The molecule has 0 aliphatic heterocycles. The van der Waals surface area contributed by atoms with Gasteiger partial charge in [0.2, 0.25) is 5.69 Å². The molecule has 10 heteroatoms. The van der Waals surface area contributed by atoms with Gasteiger partial charge in [0.1, 0.15) is 0 Å². The van der Waals surface area contributed by atoms with Gasteiger partial charge in [-0.2, -0.15) is 13.2 Å². The van der Waals surface area contributed by atoms with Crippen LogP contribution in [-0.2, 0) is 6.18 Å². The van der Waals surface area contributed by atoms with E-state index in [1.54, 1.807) is 36.9 Å². The molecule has 434 valence electrons. The smallest absolute Gasteiger partial charge is 0.319 e. The van der Waals surface area contributed by atoms with Gasteiger partial charge < -0.3 is 9.13 Å². The lowest BCUT2D eigenvalue weighted by molar-refractivity contribution is -0.137. The highest BCUT2D eigenvalue weighted by atomic mass is 19.4. The van der Waals surface area contributed by atoms with Crippen molar-refractivity contribution < 1.29 is 13.2 Å². The molecule has 0 amide bonds. The van der Waals surface area contributed by atoms with Crippen molar-refractivity contribution in [3.8, 4) is 112 Å². The third-order valence-electron chi connectivity index (χ3n) is 17.4. The molecule has 0 aliphatic carbocycles. The molecule has 0 fully saturated rings. The molecule has 0 N–H and O–H groups in total. The van der Waals surface area contributed by atoms with Gasteiger partial charge in [-0.05, 0) is 118 Å². The molecule has 6 aromatic heterocycles. The molecular weight excluding hydrogens is 1140 g/mol. The van der Waals surface area contributed by atoms with Gasteiger partial charge in [-0.25, -0.2) is 4.85 Å². The van der Waals surface area contributed by atoms with E-state index >= 15 is 13.2 Å². The summed E-state index contributed by atoms with van der Waals surface area (Å²) in [6, 6.07) is 90.7. The molecule has 0 unspecified atom stereocenters. The second-order valence-corrected chi connectivity index (χ2v) is 22.6. The molecule has 0 spiro atoms. The van der Waals surface area contributed by atoms with E-state index in [0.29, 0.717) is 22.4 Å². The van der Waals surface area contributed by atoms with Crippen molar-refractivity contribution in [3.63, 3.8) is 0 Å². The van der Waals surface area contributed by atoms with Crippen LogP contribution in [0, 0.1) is 6.57 Å². The largest absolute Gasteiger partial charge is 0.417 e. The van der Waals surface area contributed by atoms with Crippen molar-refractivity contribution in [2.75, 3.05) is 0 Å². The third kappa shape index (κ3) is 9.46. The van der Waals surface area contributed by atoms with Crippen molar-refractivity contribution in [2.24, 2.45) is 0 Å². The summed E-state index contributed by atoms with van der Waals surface area (Å²) in [4.78, 5) is 24.2. The van der Waals surface area contributed by atoms with Crippen LogP contribution in [0.2, 0.25) is 0 Å². The van der Waals surface area contributed by atoms with E-state index in [9.17, 15) is 6.57 Å². The number of alkyl halides is 3. The maximum absolute atomic E-state index is 15.7. The Labute approximate surface area is 527 Å². The number of fused-ring (bicyclic) bond motifs is 6. The van der Waals surface area contributed by atoms with Crippen molar-refractivity contribution in [1.29, 1.82) is 0 Å². The third-order valence-corrected chi connectivity index (χ3v) is 17.4. The van der Waals surface area contributed by atoms with Gasteiger partial charge in [0, 0.05) is 90.8 Å². The molecule has 92 heavy (non-hydrogen) atoms. The van der Waals surface area contributed by atoms with Crippen LogP contribution < -0.4 is 0 Å². The predicted molar refractivity (Wildman–Crippen MR) is 366 cm³/mol. The molecule has 10 aromatic carbocycles. The van der Waals surface area contributed by atoms with E-state index in [-0.39, 0.29) is 16.8 Å². The molecule has 0 saturated heterocycles. The summed E-state index contributed by atoms with van der Waals surface area (Å²) in [5.41, 5.74) is 17.6. The number of benzene rings is 10. The highest BCUT2D eigenvalue weighted by molar-refractivity contribution is 6.15. The van der Waals surface area contributed by atoms with Crippen LogP contribution in [0.25, 0.3) is 160 Å². The highest BCUT2D eigenvalue weighted by Gasteiger charge is 2.35. The summed E-state index contributed by atoms with van der Waals surface area (Å²) in [5.74, 6) is 0. The van der Waals surface area contributed by atoms with Crippen LogP contribution in [-0.4, -0.2) is 29.1 Å². The first-order valence-corrected chi connectivity index (χ1v) is 30.2. The van der Waals surface area contributed by atoms with Gasteiger partial charge in [0.25, 0.3) is 0 Å². The average molecular weight is 1190 g/mol. The Hall–Kier alpha value is -12.3. The van der Waals surface area contributed by atoms with Gasteiger partial charge in [0.05, 0.1) is 68.4 Å². The number of nitrogens with zero attached hydrogens (tertiary/aromatic N) is 7. The summed E-state index contributed by atoms with van der Waals surface area (Å²) in [6.07, 6.45) is 2.45. The molecule has 7 nitrogen and oxygen atoms in total. The minimum absolute atomic E-state index is 0.0618. The van der Waals surface area contributed by atoms with Crippen molar-refractivity contribution >= 4 is 49.3 Å². The fourth-order valence-electron chi connectivity index (χ4n) is 13.3. The molecule has 0 aliphatic rings. The minimum Gasteiger partial charge on any atom is -0.319 e. The fraction of sp³-hybridized carbons (Fsp3) is 0.0122. The van der Waals surface area contributed by atoms with E-state index in [2.05, 4.69) is 106 Å². The SMILES string of the molecule is [C-]#[N+]c1c(-n2c3ccc(-c4cccnc4-c4ccccc4)cc3c3cc(-c4cccnc4-c4ccccc4)ccc32)ccc(-c2ccccc2C(F)(F)F)c1-n1c2ccc(-c3cccnc3-c3ccccc3)cc2c2cc(-c3cccnc3-c3ccccc3)ccc21. The van der Waals surface area contributed by atoms with Crippen LogP contribution in [0.3, 0.4) is 0 Å². The topological polar surface area (TPSA) is 65.8 Å². The number of hydrogen-bond acceptors (Lipinski definition) is 4. The lowest BCUT2D eigenvalue weighted by atomic mass is 9.95. The summed E-state index contributed by atoms with van der Waals surface area (Å²) in [5, 5.41) is 3.42. The van der Waals surface area contributed by atoms with E-state index < -0.39 is 11.7 Å². The summed E-state index contributed by atoms with van der Waals surface area (Å²) < 4.78 is 51.3. The first kappa shape index (κ1) is 55.0. The first-order chi connectivity index (χ1) is 45.3. The monoisotopic (exact) mass is 1190 g/mol. The average Bonchev–Trinajstić information content (AvgIpc) is 1.55. The van der Waals surface area contributed by atoms with Crippen LogP contribution in [0.1, 0.15) is 5.56 Å². The van der Waals surface area contributed by atoms with Crippen LogP contribution in [0.4, 0.5) is 18.9 Å². The standard InChI is InChI=1S/C82H50F3N7/c1-86-80-75(91-71-39-34-56(60-29-16-44-87-76(60)52-20-6-2-7-21-52)48-66(71)67-49-57(35-40-72(67)91)61-30-17-45-88-77(61)53-22-8-3-9-23-53)43-38-65(64-28-14-15-33-70(64)82(83,84)85)81(80)92-73-41-36-58(62-31-18-46-89-78(62)54-24-10-4-11-25-54)50-68(73)69-51-59(37-42-74(69)92)63-32-19-47-90-79(63)55-26-12-5-13-27-55/h2-51H. The fourth-order valence-corrected chi connectivity index (χ4v) is 13.3. The van der Waals surface area contributed by atoms with E-state index in [0.717, 1.165) is 128 Å². The minimum atomic E-state index is -4.75. The lowest BCUT2D eigenvalue weighted by Gasteiger charge is -2.22. The summed E-state index contributed by atoms with van der Waals surface area (Å²) in [6.45, 7) is 9.55. The van der Waals surface area contributed by atoms with Crippen LogP contribution in [0.5, 0.6) is 0 Å². The Bertz CT molecular complexity index is 5300. The van der Waals surface area contributed by atoms with E-state index in [4.69, 9.17) is 19.9 Å². The molecule has 16 aromatic rings. The molecular formula is C82H50F3N7. The number of rotatable bonds is 11. The van der Waals surface area contributed by atoms with Crippen LogP contribution >= 0.6 is 0 Å². The molecule has 0 bridgehead atoms. The Morgan fingerprint density at radius 3 is 0.946 bits per heavy atom. The molecule has 16 rings (SSSR count). The number of pyridine rings is 4. The maximum atomic E-state index is 15.7. The Kier molecular flexibility index (Phi) is 13.6. The van der Waals surface area contributed by atoms with Gasteiger partial charge in [-0.3, -0.25) is 19.9 Å². The zero-order valence-corrected chi connectivity index (χ0v) is 49.1. The highest BCUT2D eigenvalue weighted by Crippen LogP contribution is 2.50. The number of halogens is 3. The summed E-state index contributed by atoms with van der Waals surface area (Å²) >= 11 is 0. The number of hydrogen-bond donors (Lipinski definition) is 0. The molecule has 0 atom stereocenters. The normalized spacial score (nSPS) is 11.6. The number of aromatic nitrogens is 6. The second-order valence-electron chi connectivity index (χ2n) is 22.6. The summed E-state index contributed by atoms with van der Waals surface area (Å²) in [7, 11) is 0. The molecule has 6 heterocycles. The molecule has 0 saturated carbocycles. The zero-order valence-electron chi connectivity index (χ0n) is 49.1. The van der Waals surface area contributed by atoms with Crippen molar-refractivity contribution in [1.82, 2.24) is 29.1 Å². The van der Waals surface area contributed by atoms with Gasteiger partial charge >= 0.3 is 6.18 Å². The predicted octanol–water partition coefficient (Wildman–Crippen LogP) is 22.0. The van der Waals surface area contributed by atoms with Gasteiger partial charge in [-0.15, -0.1) is 0 Å². The molecule has 0 radical (unpaired) electrons. The van der Waals surface area contributed by atoms with E-state index in [1.165, 1.54) is 12.1 Å². The van der Waals surface area contributed by atoms with E-state index in [1.807, 2.05) is 156 Å². The quantitative estimate of drug-likeness (QED) is 0.121. The second kappa shape index (κ2) is 22.7. The van der Waals surface area contributed by atoms with Crippen LogP contribution in [0.15, 0.2) is 304 Å². The van der Waals surface area contributed by atoms with Crippen molar-refractivity contribution in [2.45, 2.75) is 6.18 Å². The van der Waals surface area contributed by atoms with Gasteiger partial charge in [-0.1, -0.05) is 194 Å². The Balaban J connectivity index is 0.999.